The van der Waals surface area contributed by atoms with Crippen molar-refractivity contribution in [2.75, 3.05) is 32.8 Å². The Labute approximate surface area is 311 Å². The third-order valence-corrected chi connectivity index (χ3v) is 11.6. The molecule has 4 N–H and O–H groups in total. The zero-order valence-corrected chi connectivity index (χ0v) is 31.1. The second-order valence-corrected chi connectivity index (χ2v) is 16.2. The maximum absolute atomic E-state index is 14.3. The number of benzene rings is 3. The van der Waals surface area contributed by atoms with E-state index >= 15 is 0 Å². The van der Waals surface area contributed by atoms with Crippen molar-refractivity contribution in [1.29, 1.82) is 0 Å². The molecule has 13 heteroatoms. The molecule has 0 aliphatic carbocycles. The standard InChI is InChI=1S/C40H50N4O8S/c1-27(2)24-44(25-36(45)35(21-29-14-7-4-8-15-29)43-40(47)52-37-26-51-39-31(37)18-20-50-39)53(48,49)30-16-17-34-32(22-30)33(38(46)42-34)23-41-19-10-9-13-28-11-5-3-6-12-28/h3-8,11-12,14-17,22-23,27,31,35-37,39,42,45-46H,9-10,13,18-21,24-26H2,1-2H3,(H,43,47). The molecule has 2 aliphatic heterocycles. The molecule has 0 bridgehead atoms. The number of hydrogen-bond donors (Lipinski definition) is 4. The average molecular weight is 747 g/mol. The number of hydrogen-bond acceptors (Lipinski definition) is 9. The number of alkyl carbamates (subject to hydrolysis) is 1. The lowest BCUT2D eigenvalue weighted by Gasteiger charge is -2.31. The number of unbranched alkanes of at least 4 members (excludes halogenated alkanes) is 1. The van der Waals surface area contributed by atoms with Gasteiger partial charge in [0.05, 0.1) is 41.7 Å². The lowest BCUT2D eigenvalue weighted by atomic mass is 10.0. The third kappa shape index (κ3) is 9.84. The first kappa shape index (κ1) is 38.5. The van der Waals surface area contributed by atoms with Gasteiger partial charge in [0.25, 0.3) is 0 Å². The zero-order valence-electron chi connectivity index (χ0n) is 30.3. The Morgan fingerprint density at radius 1 is 1.04 bits per heavy atom. The van der Waals surface area contributed by atoms with E-state index in [1.54, 1.807) is 12.3 Å². The van der Waals surface area contributed by atoms with E-state index in [2.05, 4.69) is 27.4 Å². The van der Waals surface area contributed by atoms with Crippen LogP contribution >= 0.6 is 0 Å². The van der Waals surface area contributed by atoms with Gasteiger partial charge < -0.3 is 34.7 Å². The number of aromatic hydroxyl groups is 1. The number of aromatic amines is 1. The quantitative estimate of drug-likeness (QED) is 0.0823. The maximum Gasteiger partial charge on any atom is 0.407 e. The van der Waals surface area contributed by atoms with Crippen molar-refractivity contribution in [3.05, 3.63) is 95.6 Å². The minimum absolute atomic E-state index is 0.0101. The second-order valence-electron chi connectivity index (χ2n) is 14.3. The van der Waals surface area contributed by atoms with Gasteiger partial charge in [0, 0.05) is 36.8 Å². The van der Waals surface area contributed by atoms with E-state index in [4.69, 9.17) is 14.2 Å². The summed E-state index contributed by atoms with van der Waals surface area (Å²) in [5, 5.41) is 25.7. The fourth-order valence-corrected chi connectivity index (χ4v) is 8.63. The van der Waals surface area contributed by atoms with Gasteiger partial charge in [-0.2, -0.15) is 4.31 Å². The van der Waals surface area contributed by atoms with Gasteiger partial charge in [0.1, 0.15) is 6.10 Å². The summed E-state index contributed by atoms with van der Waals surface area (Å²) in [7, 11) is -4.15. The minimum atomic E-state index is -4.15. The molecule has 0 radical (unpaired) electrons. The molecule has 6 rings (SSSR count). The number of aliphatic imine (C=N–C) groups is 1. The highest BCUT2D eigenvalue weighted by Crippen LogP contribution is 2.33. The van der Waals surface area contributed by atoms with Crippen LogP contribution in [0.15, 0.2) is 88.8 Å². The van der Waals surface area contributed by atoms with Gasteiger partial charge in [-0.05, 0) is 67.3 Å². The molecule has 0 spiro atoms. The van der Waals surface area contributed by atoms with Crippen molar-refractivity contribution in [1.82, 2.24) is 14.6 Å². The lowest BCUT2D eigenvalue weighted by Crippen LogP contribution is -2.51. The number of nitrogens with zero attached hydrogens (tertiary/aromatic N) is 2. The number of aryl methyl sites for hydroxylation is 1. The Morgan fingerprint density at radius 3 is 2.51 bits per heavy atom. The van der Waals surface area contributed by atoms with Crippen LogP contribution in [0.1, 0.15) is 49.8 Å². The van der Waals surface area contributed by atoms with Gasteiger partial charge in [-0.3, -0.25) is 4.99 Å². The SMILES string of the molecule is CC(C)CN(CC(O)C(Cc1ccccc1)NC(=O)OC1COC2OCCC12)S(=O)(=O)c1ccc2[nH]c(O)c(C=NCCCCc3ccccc3)c2c1. The second kappa shape index (κ2) is 17.7. The van der Waals surface area contributed by atoms with Crippen LogP contribution in [-0.2, 0) is 37.1 Å². The molecule has 12 nitrogen and oxygen atoms in total. The fourth-order valence-electron chi connectivity index (χ4n) is 6.99. The fraction of sp³-hybridized carbons (Fsp3) is 0.450. The average Bonchev–Trinajstić information content (AvgIpc) is 3.85. The van der Waals surface area contributed by atoms with Gasteiger partial charge in [-0.15, -0.1) is 0 Å². The van der Waals surface area contributed by atoms with Gasteiger partial charge in [-0.25, -0.2) is 13.2 Å². The summed E-state index contributed by atoms with van der Waals surface area (Å²) in [6.45, 7) is 4.96. The molecule has 1 aromatic heterocycles. The number of rotatable bonds is 17. The number of aliphatic hydroxyl groups is 1. The van der Waals surface area contributed by atoms with E-state index in [1.807, 2.05) is 62.4 Å². The number of fused-ring (bicyclic) bond motifs is 2. The Hall–Kier alpha value is -4.27. The largest absolute Gasteiger partial charge is 0.494 e. The summed E-state index contributed by atoms with van der Waals surface area (Å²) in [4.78, 5) is 20.7. The summed E-state index contributed by atoms with van der Waals surface area (Å²) in [6, 6.07) is 23.4. The van der Waals surface area contributed by atoms with Crippen LogP contribution in [0.2, 0.25) is 0 Å². The Morgan fingerprint density at radius 2 is 1.77 bits per heavy atom. The summed E-state index contributed by atoms with van der Waals surface area (Å²) < 4.78 is 46.8. The van der Waals surface area contributed by atoms with Crippen molar-refractivity contribution in [3.63, 3.8) is 0 Å². The molecular formula is C40H50N4O8S. The Bertz CT molecular complexity index is 1940. The van der Waals surface area contributed by atoms with Crippen LogP contribution in [0.25, 0.3) is 10.9 Å². The molecule has 2 fully saturated rings. The summed E-state index contributed by atoms with van der Waals surface area (Å²) in [5.41, 5.74) is 3.10. The van der Waals surface area contributed by atoms with E-state index in [-0.39, 0.29) is 55.0 Å². The highest BCUT2D eigenvalue weighted by atomic mass is 32.2. The number of aliphatic hydroxyl groups excluding tert-OH is 1. The topological polar surface area (TPSA) is 163 Å². The number of carbonyl (C=O) groups is 1. The van der Waals surface area contributed by atoms with Gasteiger partial charge in [0.15, 0.2) is 12.2 Å². The molecule has 53 heavy (non-hydrogen) atoms. The van der Waals surface area contributed by atoms with Crippen molar-refractivity contribution < 1.29 is 37.6 Å². The van der Waals surface area contributed by atoms with Crippen molar-refractivity contribution in [2.45, 2.75) is 75.4 Å². The van der Waals surface area contributed by atoms with Crippen molar-refractivity contribution in [3.8, 4) is 5.88 Å². The summed E-state index contributed by atoms with van der Waals surface area (Å²) >= 11 is 0. The highest BCUT2D eigenvalue weighted by molar-refractivity contribution is 7.89. The number of amides is 1. The highest BCUT2D eigenvalue weighted by Gasteiger charge is 2.44. The van der Waals surface area contributed by atoms with E-state index in [1.165, 1.54) is 22.0 Å². The molecule has 5 atom stereocenters. The first-order valence-electron chi connectivity index (χ1n) is 18.4. The summed E-state index contributed by atoms with van der Waals surface area (Å²) in [6.07, 6.45) is 2.46. The predicted molar refractivity (Wildman–Crippen MR) is 203 cm³/mol. The van der Waals surface area contributed by atoms with Gasteiger partial charge in [-0.1, -0.05) is 74.5 Å². The third-order valence-electron chi connectivity index (χ3n) is 9.76. The number of ether oxygens (including phenoxy) is 3. The van der Waals surface area contributed by atoms with E-state index in [0.717, 1.165) is 31.2 Å². The lowest BCUT2D eigenvalue weighted by molar-refractivity contribution is -0.0907. The smallest absolute Gasteiger partial charge is 0.407 e. The van der Waals surface area contributed by atoms with E-state index in [0.29, 0.717) is 29.6 Å². The first-order valence-corrected chi connectivity index (χ1v) is 19.8. The van der Waals surface area contributed by atoms with Gasteiger partial charge in [0.2, 0.25) is 10.0 Å². The number of H-pyrrole nitrogens is 1. The first-order chi connectivity index (χ1) is 25.6. The number of nitrogens with one attached hydrogen (secondary N) is 2. The molecule has 5 unspecified atom stereocenters. The maximum atomic E-state index is 14.3. The Kier molecular flexibility index (Phi) is 12.8. The van der Waals surface area contributed by atoms with Crippen LogP contribution in [0.4, 0.5) is 4.79 Å². The van der Waals surface area contributed by atoms with Crippen LogP contribution in [0.3, 0.4) is 0 Å². The number of sulfonamides is 1. The Balaban J connectivity index is 1.17. The molecule has 3 aromatic carbocycles. The molecular weight excluding hydrogens is 697 g/mol. The number of aromatic nitrogens is 1. The zero-order chi connectivity index (χ0) is 37.4. The van der Waals surface area contributed by atoms with E-state index < -0.39 is 34.4 Å². The molecule has 2 aliphatic rings. The monoisotopic (exact) mass is 746 g/mol. The van der Waals surface area contributed by atoms with Crippen LogP contribution < -0.4 is 5.32 Å². The van der Waals surface area contributed by atoms with Crippen LogP contribution in [-0.4, -0.2) is 97.6 Å². The molecule has 4 aromatic rings. The molecule has 284 valence electrons. The van der Waals surface area contributed by atoms with Gasteiger partial charge >= 0.3 is 6.09 Å². The van der Waals surface area contributed by atoms with E-state index in [9.17, 15) is 23.4 Å². The van der Waals surface area contributed by atoms with Crippen LogP contribution in [0, 0.1) is 11.8 Å². The minimum Gasteiger partial charge on any atom is -0.494 e. The van der Waals surface area contributed by atoms with Crippen molar-refractivity contribution in [2.24, 2.45) is 16.8 Å². The molecule has 2 saturated heterocycles. The predicted octanol–water partition coefficient (Wildman–Crippen LogP) is 5.42. The van der Waals surface area contributed by atoms with Crippen LogP contribution in [0.5, 0.6) is 5.88 Å². The summed E-state index contributed by atoms with van der Waals surface area (Å²) in [5.74, 6) is -0.226. The molecule has 0 saturated carbocycles. The molecule has 3 heterocycles. The normalized spacial score (nSPS) is 20.0. The number of carbonyl (C=O) groups excluding carboxylic acids is 1. The molecule has 1 amide bonds. The van der Waals surface area contributed by atoms with Crippen molar-refractivity contribution >= 4 is 33.2 Å².